The Morgan fingerprint density at radius 1 is 1.21 bits per heavy atom. The summed E-state index contributed by atoms with van der Waals surface area (Å²) in [7, 11) is 0. The Hall–Kier alpha value is -1.44. The third-order valence-corrected chi connectivity index (χ3v) is 2.37. The van der Waals surface area contributed by atoms with Crippen molar-refractivity contribution in [2.24, 2.45) is 0 Å². The van der Waals surface area contributed by atoms with Crippen molar-refractivity contribution in [2.75, 3.05) is 0 Å². The zero-order valence-corrected chi connectivity index (χ0v) is 8.40. The first-order chi connectivity index (χ1) is 6.90. The van der Waals surface area contributed by atoms with Gasteiger partial charge in [0, 0.05) is 18.0 Å². The summed E-state index contributed by atoms with van der Waals surface area (Å²) in [5, 5.41) is 0. The first-order valence-electron chi connectivity index (χ1n) is 5.08. The molecule has 0 atom stereocenters. The zero-order chi connectivity index (χ0) is 9.80. The van der Waals surface area contributed by atoms with Crippen LogP contribution in [0.5, 0.6) is 0 Å². The van der Waals surface area contributed by atoms with Crippen LogP contribution in [0.2, 0.25) is 0 Å². The largest absolute Gasteiger partial charge is 0.236 e. The minimum atomic E-state index is 0.846. The van der Waals surface area contributed by atoms with E-state index in [0.29, 0.717) is 0 Å². The normalized spacial score (nSPS) is 15.4. The van der Waals surface area contributed by atoms with Gasteiger partial charge in [-0.2, -0.15) is 0 Å². The molecular formula is C12H14N2. The first kappa shape index (κ1) is 9.13. The lowest BCUT2D eigenvalue weighted by Crippen LogP contribution is -1.95. The molecule has 0 radical (unpaired) electrons. The second-order valence-electron chi connectivity index (χ2n) is 3.41. The van der Waals surface area contributed by atoms with Crippen molar-refractivity contribution in [2.45, 2.75) is 26.2 Å². The maximum absolute atomic E-state index is 4.34. The quantitative estimate of drug-likeness (QED) is 0.709. The van der Waals surface area contributed by atoms with Gasteiger partial charge in [-0.25, -0.2) is 9.97 Å². The first-order valence-corrected chi connectivity index (χ1v) is 5.08. The van der Waals surface area contributed by atoms with Crippen molar-refractivity contribution in [1.82, 2.24) is 9.97 Å². The van der Waals surface area contributed by atoms with Crippen molar-refractivity contribution in [1.29, 1.82) is 0 Å². The van der Waals surface area contributed by atoms with Gasteiger partial charge in [0.25, 0.3) is 0 Å². The van der Waals surface area contributed by atoms with E-state index in [2.05, 4.69) is 35.1 Å². The number of hydrogen-bond donors (Lipinski definition) is 0. The van der Waals surface area contributed by atoms with E-state index in [1.807, 2.05) is 12.4 Å². The van der Waals surface area contributed by atoms with E-state index in [0.717, 1.165) is 30.7 Å². The van der Waals surface area contributed by atoms with Gasteiger partial charge < -0.3 is 0 Å². The SMILES string of the molecule is CCc1cnc(C2=CCCC=C2)nc1. The summed E-state index contributed by atoms with van der Waals surface area (Å²) in [5.41, 5.74) is 2.34. The highest BCUT2D eigenvalue weighted by Crippen LogP contribution is 2.17. The third-order valence-electron chi connectivity index (χ3n) is 2.37. The monoisotopic (exact) mass is 186 g/mol. The minimum absolute atomic E-state index is 0.846. The van der Waals surface area contributed by atoms with Gasteiger partial charge in [-0.1, -0.05) is 25.2 Å². The van der Waals surface area contributed by atoms with Crippen molar-refractivity contribution >= 4 is 5.57 Å². The van der Waals surface area contributed by atoms with Crippen LogP contribution in [0.15, 0.2) is 30.6 Å². The van der Waals surface area contributed by atoms with Crippen molar-refractivity contribution in [3.8, 4) is 0 Å². The van der Waals surface area contributed by atoms with Gasteiger partial charge in [0.2, 0.25) is 0 Å². The van der Waals surface area contributed by atoms with E-state index in [4.69, 9.17) is 0 Å². The molecule has 0 aromatic carbocycles. The number of rotatable bonds is 2. The maximum Gasteiger partial charge on any atom is 0.158 e. The molecule has 1 aromatic heterocycles. The molecule has 0 aliphatic heterocycles. The standard InChI is InChI=1S/C12H14N2/c1-2-10-8-13-12(14-9-10)11-6-4-3-5-7-11/h4,6-9H,2-3,5H2,1H3. The van der Waals surface area contributed by atoms with Crippen LogP contribution >= 0.6 is 0 Å². The molecule has 0 N–H and O–H groups in total. The lowest BCUT2D eigenvalue weighted by molar-refractivity contribution is 1.00. The molecule has 0 fully saturated rings. The lowest BCUT2D eigenvalue weighted by Gasteiger charge is -2.05. The minimum Gasteiger partial charge on any atom is -0.236 e. The molecule has 1 aliphatic rings. The van der Waals surface area contributed by atoms with Gasteiger partial charge in [0.1, 0.15) is 0 Å². The van der Waals surface area contributed by atoms with Crippen LogP contribution in [-0.2, 0) is 6.42 Å². The highest BCUT2D eigenvalue weighted by atomic mass is 14.9. The lowest BCUT2D eigenvalue weighted by atomic mass is 10.1. The van der Waals surface area contributed by atoms with E-state index < -0.39 is 0 Å². The third kappa shape index (κ3) is 1.90. The van der Waals surface area contributed by atoms with Crippen molar-refractivity contribution < 1.29 is 0 Å². The summed E-state index contributed by atoms with van der Waals surface area (Å²) in [6.07, 6.45) is 13.5. The zero-order valence-electron chi connectivity index (χ0n) is 8.40. The molecule has 14 heavy (non-hydrogen) atoms. The molecule has 0 spiro atoms. The predicted octanol–water partition coefficient (Wildman–Crippen LogP) is 2.77. The molecule has 0 amide bonds. The van der Waals surface area contributed by atoms with Crippen LogP contribution in [-0.4, -0.2) is 9.97 Å². The molecule has 0 unspecified atom stereocenters. The highest BCUT2D eigenvalue weighted by Gasteiger charge is 2.03. The van der Waals surface area contributed by atoms with E-state index in [1.165, 1.54) is 5.56 Å². The summed E-state index contributed by atoms with van der Waals surface area (Å²) in [6.45, 7) is 2.11. The Kier molecular flexibility index (Phi) is 2.73. The Bertz CT molecular complexity index is 360. The van der Waals surface area contributed by atoms with Crippen molar-refractivity contribution in [3.05, 3.63) is 42.0 Å². The number of hydrogen-bond acceptors (Lipinski definition) is 2. The smallest absolute Gasteiger partial charge is 0.158 e. The number of aromatic nitrogens is 2. The molecule has 1 aliphatic carbocycles. The summed E-state index contributed by atoms with van der Waals surface area (Å²) >= 11 is 0. The van der Waals surface area contributed by atoms with E-state index >= 15 is 0 Å². The Labute approximate surface area is 84.4 Å². The van der Waals surface area contributed by atoms with Gasteiger partial charge in [0.15, 0.2) is 5.82 Å². The second kappa shape index (κ2) is 4.18. The van der Waals surface area contributed by atoms with Crippen LogP contribution in [0.3, 0.4) is 0 Å². The van der Waals surface area contributed by atoms with Crippen LogP contribution < -0.4 is 0 Å². The average molecular weight is 186 g/mol. The van der Waals surface area contributed by atoms with Gasteiger partial charge in [-0.15, -0.1) is 0 Å². The summed E-state index contributed by atoms with van der Waals surface area (Å²) < 4.78 is 0. The topological polar surface area (TPSA) is 25.8 Å². The molecule has 0 saturated carbocycles. The average Bonchev–Trinajstić information content (AvgIpc) is 2.30. The highest BCUT2D eigenvalue weighted by molar-refractivity contribution is 5.70. The summed E-state index contributed by atoms with van der Waals surface area (Å²) in [6, 6.07) is 0. The van der Waals surface area contributed by atoms with Gasteiger partial charge >= 0.3 is 0 Å². The number of aryl methyl sites for hydroxylation is 1. The van der Waals surface area contributed by atoms with Crippen LogP contribution in [0.25, 0.3) is 5.57 Å². The second-order valence-corrected chi connectivity index (χ2v) is 3.41. The molecule has 72 valence electrons. The Morgan fingerprint density at radius 3 is 2.57 bits per heavy atom. The Morgan fingerprint density at radius 2 is 2.00 bits per heavy atom. The molecule has 2 rings (SSSR count). The van der Waals surface area contributed by atoms with Gasteiger partial charge in [0.05, 0.1) is 0 Å². The van der Waals surface area contributed by atoms with Crippen molar-refractivity contribution in [3.63, 3.8) is 0 Å². The summed E-state index contributed by atoms with van der Waals surface area (Å²) in [4.78, 5) is 8.69. The fourth-order valence-corrected chi connectivity index (χ4v) is 1.47. The van der Waals surface area contributed by atoms with Crippen LogP contribution in [0, 0.1) is 0 Å². The van der Waals surface area contributed by atoms with Gasteiger partial charge in [-0.3, -0.25) is 0 Å². The molecule has 2 heteroatoms. The Balaban J connectivity index is 2.24. The fourth-order valence-electron chi connectivity index (χ4n) is 1.47. The van der Waals surface area contributed by atoms with E-state index in [-0.39, 0.29) is 0 Å². The van der Waals surface area contributed by atoms with Gasteiger partial charge in [-0.05, 0) is 24.8 Å². The fraction of sp³-hybridized carbons (Fsp3) is 0.333. The molecule has 0 saturated heterocycles. The number of nitrogens with zero attached hydrogens (tertiary/aromatic N) is 2. The molecule has 1 heterocycles. The van der Waals surface area contributed by atoms with Crippen LogP contribution in [0.4, 0.5) is 0 Å². The van der Waals surface area contributed by atoms with E-state index in [1.54, 1.807) is 0 Å². The molecule has 0 bridgehead atoms. The number of allylic oxidation sites excluding steroid dienone is 4. The van der Waals surface area contributed by atoms with E-state index in [9.17, 15) is 0 Å². The summed E-state index contributed by atoms with van der Waals surface area (Å²) in [5.74, 6) is 0.846. The molecular weight excluding hydrogens is 172 g/mol. The maximum atomic E-state index is 4.34. The molecule has 1 aromatic rings. The van der Waals surface area contributed by atoms with Crippen LogP contribution in [0.1, 0.15) is 31.2 Å². The molecule has 2 nitrogen and oxygen atoms in total. The predicted molar refractivity (Wildman–Crippen MR) is 57.8 cm³/mol.